The van der Waals surface area contributed by atoms with E-state index in [9.17, 15) is 0 Å². The van der Waals surface area contributed by atoms with Gasteiger partial charge in [0, 0.05) is 0 Å². The van der Waals surface area contributed by atoms with Crippen molar-refractivity contribution in [3.63, 3.8) is 0 Å². The van der Waals surface area contributed by atoms with E-state index >= 15 is 0 Å². The Kier molecular flexibility index (Phi) is 7.99. The molecule has 0 aromatic heterocycles. The lowest BCUT2D eigenvalue weighted by molar-refractivity contribution is 0.0450. The summed E-state index contributed by atoms with van der Waals surface area (Å²) in [7, 11) is 0. The molecule has 0 saturated carbocycles. The first-order chi connectivity index (χ1) is 4.81. The second-order valence-electron chi connectivity index (χ2n) is 3.19. The van der Waals surface area contributed by atoms with Crippen molar-refractivity contribution in [1.29, 1.82) is 0 Å². The van der Waals surface area contributed by atoms with Crippen LogP contribution in [-0.2, 0) is 0 Å². The van der Waals surface area contributed by atoms with E-state index in [1.165, 1.54) is 0 Å². The molecule has 0 fully saturated rings. The van der Waals surface area contributed by atoms with Gasteiger partial charge in [0.15, 0.2) is 0 Å². The zero-order valence-electron chi connectivity index (χ0n) is 7.28. The number of hydrogen-bond acceptors (Lipinski definition) is 4. The van der Waals surface area contributed by atoms with Crippen LogP contribution < -0.4 is 0 Å². The molecule has 0 bridgehead atoms. The van der Waals surface area contributed by atoms with E-state index < -0.39 is 11.7 Å². The first kappa shape index (κ1) is 13.4. The van der Waals surface area contributed by atoms with Crippen LogP contribution in [0.1, 0.15) is 20.8 Å². The van der Waals surface area contributed by atoms with E-state index in [4.69, 9.17) is 20.4 Å². The Bertz CT molecular complexity index is 67.0. The molecule has 0 aromatic carbocycles. The summed E-state index contributed by atoms with van der Waals surface area (Å²) < 4.78 is 0. The molecule has 11 heavy (non-hydrogen) atoms. The molecule has 0 rings (SSSR count). The summed E-state index contributed by atoms with van der Waals surface area (Å²) in [6.45, 7) is 4.50. The minimum absolute atomic E-state index is 0.365. The maximum absolute atomic E-state index is 8.52. The van der Waals surface area contributed by atoms with E-state index in [1.807, 2.05) is 0 Å². The highest BCUT2D eigenvalue weighted by molar-refractivity contribution is 4.50. The second-order valence-corrected chi connectivity index (χ2v) is 3.19. The smallest absolute Gasteiger partial charge is 0.100 e. The quantitative estimate of drug-likeness (QED) is 0.429. The molecule has 0 aromatic rings. The van der Waals surface area contributed by atoms with E-state index in [-0.39, 0.29) is 13.2 Å². The maximum atomic E-state index is 8.52. The summed E-state index contributed by atoms with van der Waals surface area (Å²) in [5, 5.41) is 32.5. The molecule has 4 nitrogen and oxygen atoms in total. The van der Waals surface area contributed by atoms with Gasteiger partial charge in [0.2, 0.25) is 0 Å². The Morgan fingerprint density at radius 1 is 1.09 bits per heavy atom. The van der Waals surface area contributed by atoms with E-state index in [1.54, 1.807) is 20.8 Å². The lowest BCUT2D eigenvalue weighted by Gasteiger charge is -2.04. The highest BCUT2D eigenvalue weighted by atomic mass is 16.3. The van der Waals surface area contributed by atoms with Gasteiger partial charge in [-0.2, -0.15) is 0 Å². The first-order valence-corrected chi connectivity index (χ1v) is 3.43. The first-order valence-electron chi connectivity index (χ1n) is 3.43. The fraction of sp³-hybridized carbons (Fsp3) is 1.00. The maximum Gasteiger partial charge on any atom is 0.100 e. The molecule has 0 aliphatic heterocycles. The molecule has 0 radical (unpaired) electrons. The van der Waals surface area contributed by atoms with E-state index in [2.05, 4.69) is 0 Å². The highest BCUT2D eigenvalue weighted by Crippen LogP contribution is 1.93. The largest absolute Gasteiger partial charge is 0.394 e. The van der Waals surface area contributed by atoms with Crippen LogP contribution in [-0.4, -0.2) is 45.3 Å². The number of aliphatic hydroxyl groups excluding tert-OH is 3. The molecular formula is C7H18O4. The van der Waals surface area contributed by atoms with Gasteiger partial charge in [0.1, 0.15) is 6.10 Å². The monoisotopic (exact) mass is 166 g/mol. The van der Waals surface area contributed by atoms with Crippen LogP contribution in [0.15, 0.2) is 0 Å². The van der Waals surface area contributed by atoms with E-state index in [0.29, 0.717) is 0 Å². The molecule has 0 amide bonds. The standard InChI is InChI=1S/C4H10O.C3H8O3/c1-4(2,3)5;4-1-3(6)2-5/h5H,1-3H3;3-6H,1-2H2. The van der Waals surface area contributed by atoms with Crippen LogP contribution in [0.25, 0.3) is 0 Å². The second kappa shape index (κ2) is 6.54. The summed E-state index contributed by atoms with van der Waals surface area (Å²) in [5.74, 6) is 0. The predicted octanol–water partition coefficient (Wildman–Crippen LogP) is -0.891. The molecular weight excluding hydrogens is 148 g/mol. The van der Waals surface area contributed by atoms with Crippen molar-refractivity contribution >= 4 is 0 Å². The lowest BCUT2D eigenvalue weighted by Crippen LogP contribution is -2.15. The third kappa shape index (κ3) is 41.0. The van der Waals surface area contributed by atoms with Gasteiger partial charge in [0.05, 0.1) is 18.8 Å². The molecule has 0 aliphatic carbocycles. The predicted molar refractivity (Wildman–Crippen MR) is 42.2 cm³/mol. The summed E-state index contributed by atoms with van der Waals surface area (Å²) in [4.78, 5) is 0. The van der Waals surface area contributed by atoms with Crippen molar-refractivity contribution in [3.8, 4) is 0 Å². The van der Waals surface area contributed by atoms with Gasteiger partial charge in [0.25, 0.3) is 0 Å². The van der Waals surface area contributed by atoms with Crippen LogP contribution in [0.4, 0.5) is 0 Å². The molecule has 0 aliphatic rings. The number of hydrogen-bond donors (Lipinski definition) is 4. The van der Waals surface area contributed by atoms with Crippen LogP contribution in [0.3, 0.4) is 0 Å². The summed E-state index contributed by atoms with van der Waals surface area (Å²) in [5.41, 5.74) is -0.500. The van der Waals surface area contributed by atoms with Crippen LogP contribution in [0.2, 0.25) is 0 Å². The van der Waals surface area contributed by atoms with Gasteiger partial charge >= 0.3 is 0 Å². The summed E-state index contributed by atoms with van der Waals surface area (Å²) >= 11 is 0. The zero-order valence-corrected chi connectivity index (χ0v) is 7.28. The van der Waals surface area contributed by atoms with Crippen molar-refractivity contribution in [2.45, 2.75) is 32.5 Å². The van der Waals surface area contributed by atoms with Crippen LogP contribution in [0, 0.1) is 0 Å². The average Bonchev–Trinajstić information content (AvgIpc) is 1.83. The fourth-order valence-electron chi connectivity index (χ4n) is 0.0577. The molecule has 70 valence electrons. The Morgan fingerprint density at radius 2 is 1.27 bits per heavy atom. The normalized spacial score (nSPS) is 10.9. The van der Waals surface area contributed by atoms with Gasteiger partial charge in [-0.3, -0.25) is 0 Å². The van der Waals surface area contributed by atoms with Crippen molar-refractivity contribution in [1.82, 2.24) is 0 Å². The summed E-state index contributed by atoms with van der Waals surface area (Å²) in [6.07, 6.45) is -0.954. The van der Waals surface area contributed by atoms with Gasteiger partial charge in [-0.25, -0.2) is 0 Å². The fourth-order valence-corrected chi connectivity index (χ4v) is 0.0577. The van der Waals surface area contributed by atoms with Crippen molar-refractivity contribution < 1.29 is 20.4 Å². The van der Waals surface area contributed by atoms with Gasteiger partial charge in [-0.15, -0.1) is 0 Å². The average molecular weight is 166 g/mol. The topological polar surface area (TPSA) is 80.9 Å². The van der Waals surface area contributed by atoms with Crippen LogP contribution in [0.5, 0.6) is 0 Å². The molecule has 0 atom stereocenters. The third-order valence-electron chi connectivity index (χ3n) is 0.421. The Labute approximate surface area is 67.1 Å². The number of aliphatic hydroxyl groups is 4. The van der Waals surface area contributed by atoms with Crippen molar-refractivity contribution in [2.75, 3.05) is 13.2 Å². The zero-order chi connectivity index (χ0) is 9.49. The highest BCUT2D eigenvalue weighted by Gasteiger charge is 1.97. The van der Waals surface area contributed by atoms with Crippen molar-refractivity contribution in [2.24, 2.45) is 0 Å². The number of rotatable bonds is 2. The molecule has 0 unspecified atom stereocenters. The van der Waals surface area contributed by atoms with Gasteiger partial charge in [-0.05, 0) is 20.8 Å². The minimum atomic E-state index is -0.954. The molecule has 0 saturated heterocycles. The van der Waals surface area contributed by atoms with Crippen LogP contribution >= 0.6 is 0 Å². The van der Waals surface area contributed by atoms with Gasteiger partial charge < -0.3 is 20.4 Å². The molecule has 0 spiro atoms. The van der Waals surface area contributed by atoms with Crippen molar-refractivity contribution in [3.05, 3.63) is 0 Å². The Balaban J connectivity index is 0. The van der Waals surface area contributed by atoms with E-state index in [0.717, 1.165) is 0 Å². The lowest BCUT2D eigenvalue weighted by atomic mass is 10.2. The minimum Gasteiger partial charge on any atom is -0.394 e. The summed E-state index contributed by atoms with van der Waals surface area (Å²) in [6, 6.07) is 0. The Morgan fingerprint density at radius 3 is 1.27 bits per heavy atom. The molecule has 0 heterocycles. The SMILES string of the molecule is CC(C)(C)O.OCC(O)CO. The molecule has 4 heteroatoms. The molecule has 4 N–H and O–H groups in total. The third-order valence-corrected chi connectivity index (χ3v) is 0.421. The van der Waals surface area contributed by atoms with Gasteiger partial charge in [-0.1, -0.05) is 0 Å². The Hall–Kier alpha value is -0.160.